The maximum Gasteiger partial charge on any atom is -0.00204 e. The second kappa shape index (κ2) is 8.84. The van der Waals surface area contributed by atoms with Gasteiger partial charge in [0.05, 0.1) is 0 Å². The van der Waals surface area contributed by atoms with E-state index in [0.717, 1.165) is 0 Å². The molecule has 0 spiro atoms. The van der Waals surface area contributed by atoms with Crippen molar-refractivity contribution >= 4 is 32.7 Å². The molecule has 0 heteroatoms. The van der Waals surface area contributed by atoms with Crippen molar-refractivity contribution in [3.63, 3.8) is 0 Å². The van der Waals surface area contributed by atoms with E-state index in [-0.39, 0.29) is 0 Å². The van der Waals surface area contributed by atoms with Gasteiger partial charge in [-0.1, -0.05) is 146 Å². The van der Waals surface area contributed by atoms with Crippen LogP contribution in [-0.2, 0) is 0 Å². The molecule has 0 atom stereocenters. The van der Waals surface area contributed by atoms with Gasteiger partial charge in [-0.3, -0.25) is 0 Å². The van der Waals surface area contributed by atoms with Crippen LogP contribution in [0.3, 0.4) is 0 Å². The zero-order valence-corrected chi connectivity index (χ0v) is 18.9. The van der Waals surface area contributed by atoms with Crippen molar-refractivity contribution in [2.75, 3.05) is 0 Å². The first-order chi connectivity index (χ1) is 16.9. The van der Waals surface area contributed by atoms with Crippen molar-refractivity contribution < 1.29 is 0 Å². The lowest BCUT2D eigenvalue weighted by Gasteiger charge is -2.20. The van der Waals surface area contributed by atoms with E-state index < -0.39 is 0 Å². The van der Waals surface area contributed by atoms with E-state index in [0.29, 0.717) is 0 Å². The third kappa shape index (κ3) is 3.60. The number of fused-ring (bicyclic) bond motifs is 2. The summed E-state index contributed by atoms with van der Waals surface area (Å²) in [6.07, 6.45) is 0. The molecular weight excluding hydrogens is 408 g/mol. The Balaban J connectivity index is 1.82. The third-order valence-corrected chi connectivity index (χ3v) is 6.49. The van der Waals surface area contributed by atoms with Crippen LogP contribution >= 0.6 is 0 Å². The molecule has 34 heavy (non-hydrogen) atoms. The molecule has 0 unspecified atom stereocenters. The largest absolute Gasteiger partial charge is 0.0622 e. The normalized spacial score (nSPS) is 12.0. The SMILES string of the molecule is c1ccc(C(=C(c2ccccc2)c2cccc3ccccc23)c2cccc3ccccc23)cc1. The third-order valence-electron chi connectivity index (χ3n) is 6.49. The highest BCUT2D eigenvalue weighted by Gasteiger charge is 2.19. The Morgan fingerprint density at radius 3 is 1.09 bits per heavy atom. The van der Waals surface area contributed by atoms with Crippen LogP contribution in [-0.4, -0.2) is 0 Å². The first-order valence-electron chi connectivity index (χ1n) is 11.7. The van der Waals surface area contributed by atoms with E-state index in [4.69, 9.17) is 0 Å². The molecule has 6 aromatic rings. The van der Waals surface area contributed by atoms with Gasteiger partial charge >= 0.3 is 0 Å². The van der Waals surface area contributed by atoms with Gasteiger partial charge in [0.25, 0.3) is 0 Å². The summed E-state index contributed by atoms with van der Waals surface area (Å²) < 4.78 is 0. The van der Waals surface area contributed by atoms with Crippen LogP contribution in [0, 0.1) is 0 Å². The minimum Gasteiger partial charge on any atom is -0.0622 e. The van der Waals surface area contributed by atoms with Crippen LogP contribution in [0.1, 0.15) is 22.3 Å². The summed E-state index contributed by atoms with van der Waals surface area (Å²) in [7, 11) is 0. The molecule has 6 rings (SSSR count). The van der Waals surface area contributed by atoms with Crippen molar-refractivity contribution in [3.8, 4) is 0 Å². The predicted molar refractivity (Wildman–Crippen MR) is 146 cm³/mol. The van der Waals surface area contributed by atoms with Gasteiger partial charge in [-0.25, -0.2) is 0 Å². The van der Waals surface area contributed by atoms with Gasteiger partial charge in [0.15, 0.2) is 0 Å². The molecule has 0 saturated carbocycles. The standard InChI is InChI=1S/C34H24/c1-3-15-27(16-4-1)33(31-23-11-19-25-13-7-9-21-29(25)31)34(28-17-5-2-6-18-28)32-24-12-20-26-14-8-10-22-30(26)32/h1-24H. The van der Waals surface area contributed by atoms with E-state index >= 15 is 0 Å². The Labute approximate surface area is 200 Å². The summed E-state index contributed by atoms with van der Waals surface area (Å²) in [5.74, 6) is 0. The maximum absolute atomic E-state index is 2.26. The van der Waals surface area contributed by atoms with Crippen molar-refractivity contribution in [2.45, 2.75) is 0 Å². The van der Waals surface area contributed by atoms with Crippen LogP contribution < -0.4 is 0 Å². The monoisotopic (exact) mass is 432 g/mol. The predicted octanol–water partition coefficient (Wildman–Crippen LogP) is 9.00. The Hall–Kier alpha value is -4.42. The fourth-order valence-corrected chi connectivity index (χ4v) is 4.97. The first kappa shape index (κ1) is 20.2. The van der Waals surface area contributed by atoms with Gasteiger partial charge < -0.3 is 0 Å². The number of benzene rings is 6. The van der Waals surface area contributed by atoms with Crippen molar-refractivity contribution in [1.82, 2.24) is 0 Å². The van der Waals surface area contributed by atoms with Gasteiger partial charge in [0.1, 0.15) is 0 Å². The van der Waals surface area contributed by atoms with Gasteiger partial charge in [-0.2, -0.15) is 0 Å². The quantitative estimate of drug-likeness (QED) is 0.244. The molecule has 0 aromatic heterocycles. The number of hydrogen-bond acceptors (Lipinski definition) is 0. The highest BCUT2D eigenvalue weighted by Crippen LogP contribution is 2.41. The average Bonchev–Trinajstić information content (AvgIpc) is 2.92. The minimum absolute atomic E-state index is 1.21. The van der Waals surface area contributed by atoms with E-state index in [1.807, 2.05) is 0 Å². The molecule has 0 aliphatic heterocycles. The lowest BCUT2D eigenvalue weighted by molar-refractivity contribution is 1.53. The smallest absolute Gasteiger partial charge is 0.00204 e. The molecule has 0 heterocycles. The second-order valence-corrected chi connectivity index (χ2v) is 8.54. The minimum atomic E-state index is 1.21. The highest BCUT2D eigenvalue weighted by atomic mass is 14.2. The van der Waals surface area contributed by atoms with E-state index in [9.17, 15) is 0 Å². The van der Waals surface area contributed by atoms with Gasteiger partial charge in [0.2, 0.25) is 0 Å². The number of hydrogen-bond donors (Lipinski definition) is 0. The Morgan fingerprint density at radius 2 is 0.647 bits per heavy atom. The van der Waals surface area contributed by atoms with Crippen molar-refractivity contribution in [1.29, 1.82) is 0 Å². The van der Waals surface area contributed by atoms with Crippen LogP contribution in [0.5, 0.6) is 0 Å². The molecule has 0 nitrogen and oxygen atoms in total. The highest BCUT2D eigenvalue weighted by molar-refractivity contribution is 6.13. The van der Waals surface area contributed by atoms with Gasteiger partial charge in [0, 0.05) is 0 Å². The average molecular weight is 433 g/mol. The van der Waals surface area contributed by atoms with Crippen LogP contribution in [0.4, 0.5) is 0 Å². The van der Waals surface area contributed by atoms with Gasteiger partial charge in [-0.05, 0) is 54.9 Å². The summed E-state index contributed by atoms with van der Waals surface area (Å²) in [5, 5.41) is 5.02. The summed E-state index contributed by atoms with van der Waals surface area (Å²) in [6, 6.07) is 52.2. The summed E-state index contributed by atoms with van der Waals surface area (Å²) in [6.45, 7) is 0. The molecule has 0 aliphatic rings. The topological polar surface area (TPSA) is 0 Å². The fraction of sp³-hybridized carbons (Fsp3) is 0. The maximum atomic E-state index is 2.26. The summed E-state index contributed by atoms with van der Waals surface area (Å²) in [4.78, 5) is 0. The van der Waals surface area contributed by atoms with Crippen molar-refractivity contribution in [3.05, 3.63) is 168 Å². The second-order valence-electron chi connectivity index (χ2n) is 8.54. The molecule has 6 aromatic carbocycles. The zero-order chi connectivity index (χ0) is 22.7. The van der Waals surface area contributed by atoms with E-state index in [1.165, 1.54) is 54.9 Å². The molecule has 0 radical (unpaired) electrons. The van der Waals surface area contributed by atoms with E-state index in [2.05, 4.69) is 146 Å². The lowest BCUT2D eigenvalue weighted by atomic mass is 9.83. The molecule has 0 amide bonds. The molecule has 0 fully saturated rings. The first-order valence-corrected chi connectivity index (χ1v) is 11.7. The van der Waals surface area contributed by atoms with Gasteiger partial charge in [-0.15, -0.1) is 0 Å². The van der Waals surface area contributed by atoms with E-state index in [1.54, 1.807) is 0 Å². The zero-order valence-electron chi connectivity index (χ0n) is 18.9. The Kier molecular flexibility index (Phi) is 5.26. The summed E-state index contributed by atoms with van der Waals surface area (Å²) >= 11 is 0. The van der Waals surface area contributed by atoms with Crippen LogP contribution in [0.25, 0.3) is 32.7 Å². The Bertz CT molecular complexity index is 1490. The molecule has 160 valence electrons. The van der Waals surface area contributed by atoms with Crippen LogP contribution in [0.2, 0.25) is 0 Å². The summed E-state index contributed by atoms with van der Waals surface area (Å²) in [5.41, 5.74) is 7.42. The van der Waals surface area contributed by atoms with Crippen molar-refractivity contribution in [2.24, 2.45) is 0 Å². The fourth-order valence-electron chi connectivity index (χ4n) is 4.97. The molecular formula is C34H24. The molecule has 0 saturated heterocycles. The number of rotatable bonds is 4. The Morgan fingerprint density at radius 1 is 0.294 bits per heavy atom. The molecule has 0 N–H and O–H groups in total. The lowest BCUT2D eigenvalue weighted by Crippen LogP contribution is -1.99. The molecule has 0 aliphatic carbocycles. The molecule has 0 bridgehead atoms. The van der Waals surface area contributed by atoms with Crippen LogP contribution in [0.15, 0.2) is 146 Å².